The van der Waals surface area contributed by atoms with Gasteiger partial charge in [-0.3, -0.25) is 0 Å². The Balaban J connectivity index is 2.10. The Hall–Kier alpha value is -2.20. The van der Waals surface area contributed by atoms with Crippen molar-refractivity contribution in [2.24, 2.45) is 5.41 Å². The van der Waals surface area contributed by atoms with Crippen LogP contribution < -0.4 is 0 Å². The van der Waals surface area contributed by atoms with Crippen molar-refractivity contribution in [2.75, 3.05) is 0 Å². The van der Waals surface area contributed by atoms with Crippen molar-refractivity contribution in [3.63, 3.8) is 0 Å². The van der Waals surface area contributed by atoms with Gasteiger partial charge in [-0.15, -0.1) is 0 Å². The fraction of sp³-hybridized carbons (Fsp3) is 0.360. The van der Waals surface area contributed by atoms with Gasteiger partial charge in [0, 0.05) is 0 Å². The van der Waals surface area contributed by atoms with Crippen molar-refractivity contribution in [3.8, 4) is 0 Å². The average Bonchev–Trinajstić information content (AvgIpc) is 2.69. The Morgan fingerprint density at radius 1 is 0.857 bits per heavy atom. The van der Waals surface area contributed by atoms with Gasteiger partial charge in [-0.2, -0.15) is 0 Å². The molecule has 1 aliphatic carbocycles. The summed E-state index contributed by atoms with van der Waals surface area (Å²) in [6.45, 7) is 9.02. The first-order valence-electron chi connectivity index (χ1n) is 9.79. The van der Waals surface area contributed by atoms with E-state index in [1.54, 1.807) is 0 Å². The summed E-state index contributed by atoms with van der Waals surface area (Å²) in [5.74, 6) is 0. The summed E-state index contributed by atoms with van der Waals surface area (Å²) < 4.78 is 5.97. The van der Waals surface area contributed by atoms with Crippen molar-refractivity contribution in [1.82, 2.24) is 0 Å². The maximum Gasteiger partial charge on any atom is 0.147 e. The van der Waals surface area contributed by atoms with E-state index in [4.69, 9.17) is 4.74 Å². The molecule has 0 aromatic heterocycles. The molecular formula is C25H28O3. The van der Waals surface area contributed by atoms with E-state index in [1.165, 1.54) is 0 Å². The molecule has 0 amide bonds. The van der Waals surface area contributed by atoms with Gasteiger partial charge in [-0.25, -0.2) is 0 Å². The summed E-state index contributed by atoms with van der Waals surface area (Å²) in [7, 11) is 0. The lowest BCUT2D eigenvalue weighted by molar-refractivity contribution is -0.114. The summed E-state index contributed by atoms with van der Waals surface area (Å²) in [4.78, 5) is 0. The molecule has 0 saturated heterocycles. The number of rotatable bonds is 0. The summed E-state index contributed by atoms with van der Waals surface area (Å²) >= 11 is 0. The van der Waals surface area contributed by atoms with Crippen LogP contribution in [-0.2, 0) is 29.2 Å². The van der Waals surface area contributed by atoms with Crippen LogP contribution >= 0.6 is 0 Å². The molecule has 2 atom stereocenters. The third-order valence-electron chi connectivity index (χ3n) is 6.07. The zero-order valence-electron chi connectivity index (χ0n) is 17.0. The largest absolute Gasteiger partial charge is 0.377 e. The van der Waals surface area contributed by atoms with E-state index >= 15 is 0 Å². The van der Waals surface area contributed by atoms with E-state index in [2.05, 4.69) is 20.8 Å². The first kappa shape index (κ1) is 19.1. The topological polar surface area (TPSA) is 49.7 Å². The molecule has 3 nitrogen and oxygen atoms in total. The molecule has 4 rings (SSSR count). The van der Waals surface area contributed by atoms with Gasteiger partial charge in [0.25, 0.3) is 0 Å². The van der Waals surface area contributed by atoms with E-state index in [9.17, 15) is 10.2 Å². The Morgan fingerprint density at radius 3 is 2.00 bits per heavy atom. The van der Waals surface area contributed by atoms with Crippen molar-refractivity contribution < 1.29 is 14.9 Å². The van der Waals surface area contributed by atoms with Gasteiger partial charge in [-0.1, -0.05) is 75.4 Å². The van der Waals surface area contributed by atoms with E-state index in [0.717, 1.165) is 22.3 Å². The fourth-order valence-electron chi connectivity index (χ4n) is 4.42. The quantitative estimate of drug-likeness (QED) is 0.699. The lowest BCUT2D eigenvalue weighted by Gasteiger charge is -2.48. The van der Waals surface area contributed by atoms with Crippen molar-refractivity contribution in [3.05, 3.63) is 94.1 Å². The van der Waals surface area contributed by atoms with Crippen LogP contribution in [0.4, 0.5) is 0 Å². The van der Waals surface area contributed by atoms with Crippen LogP contribution in [-0.4, -0.2) is 10.2 Å². The highest BCUT2D eigenvalue weighted by atomic mass is 16.5. The molecular weight excluding hydrogens is 348 g/mol. The predicted molar refractivity (Wildman–Crippen MR) is 110 cm³/mol. The van der Waals surface area contributed by atoms with Crippen LogP contribution in [0.5, 0.6) is 0 Å². The molecule has 3 heteroatoms. The number of hydrogen-bond acceptors (Lipinski definition) is 3. The second-order valence-corrected chi connectivity index (χ2v) is 8.96. The summed E-state index contributed by atoms with van der Waals surface area (Å²) in [6, 6.07) is 15.4. The smallest absolute Gasteiger partial charge is 0.147 e. The Kier molecular flexibility index (Phi) is 4.38. The van der Waals surface area contributed by atoms with Gasteiger partial charge in [0.15, 0.2) is 0 Å². The summed E-state index contributed by atoms with van der Waals surface area (Å²) in [5, 5.41) is 24.5. The van der Waals surface area contributed by atoms with Gasteiger partial charge in [0.1, 0.15) is 11.2 Å². The van der Waals surface area contributed by atoms with Gasteiger partial charge >= 0.3 is 0 Å². The van der Waals surface area contributed by atoms with E-state index in [1.807, 2.05) is 67.6 Å². The molecule has 146 valence electrons. The third kappa shape index (κ3) is 2.69. The molecule has 2 unspecified atom stereocenters. The van der Waals surface area contributed by atoms with Gasteiger partial charge < -0.3 is 14.9 Å². The standard InChI is InChI=1S/C25H28O3/c1-17-13-20(23(2,3)4)14-24(26)21-11-7-5-9-18(21)15-28-16-19-10-6-8-12-22(19)25(17,24)27/h5-14,26-27H,15-16H2,1-4H3. The van der Waals surface area contributed by atoms with Crippen LogP contribution in [0.25, 0.3) is 0 Å². The van der Waals surface area contributed by atoms with Crippen LogP contribution in [0.2, 0.25) is 0 Å². The molecule has 0 spiro atoms. The molecule has 1 aliphatic heterocycles. The van der Waals surface area contributed by atoms with Crippen molar-refractivity contribution in [1.29, 1.82) is 0 Å². The zero-order valence-corrected chi connectivity index (χ0v) is 17.0. The molecule has 2 aromatic carbocycles. The fourth-order valence-corrected chi connectivity index (χ4v) is 4.42. The van der Waals surface area contributed by atoms with Crippen LogP contribution in [0.1, 0.15) is 49.9 Å². The van der Waals surface area contributed by atoms with Gasteiger partial charge in [-0.05, 0) is 51.8 Å². The first-order chi connectivity index (χ1) is 13.2. The minimum atomic E-state index is -1.60. The third-order valence-corrected chi connectivity index (χ3v) is 6.07. The van der Waals surface area contributed by atoms with Crippen LogP contribution in [0, 0.1) is 5.41 Å². The predicted octanol–water partition coefficient (Wildman–Crippen LogP) is 4.72. The minimum Gasteiger partial charge on any atom is -0.377 e. The van der Waals surface area contributed by atoms with E-state index < -0.39 is 11.2 Å². The van der Waals surface area contributed by atoms with Crippen molar-refractivity contribution >= 4 is 0 Å². The monoisotopic (exact) mass is 376 g/mol. The second-order valence-electron chi connectivity index (χ2n) is 8.96. The lowest BCUT2D eigenvalue weighted by Crippen LogP contribution is -2.52. The average molecular weight is 376 g/mol. The van der Waals surface area contributed by atoms with Crippen LogP contribution in [0.3, 0.4) is 0 Å². The molecule has 0 saturated carbocycles. The van der Waals surface area contributed by atoms with Crippen molar-refractivity contribution in [2.45, 2.75) is 52.1 Å². The summed E-state index contributed by atoms with van der Waals surface area (Å²) in [6.07, 6.45) is 3.87. The highest BCUT2D eigenvalue weighted by molar-refractivity contribution is 5.55. The Morgan fingerprint density at radius 2 is 1.39 bits per heavy atom. The number of hydrogen-bond donors (Lipinski definition) is 2. The number of benzene rings is 2. The first-order valence-corrected chi connectivity index (χ1v) is 9.79. The number of allylic oxidation sites excluding steroid dienone is 2. The SMILES string of the molecule is CC1=CC(C(C)(C)C)=CC2(O)c3ccccc3COCc3ccccc3C12O. The maximum atomic E-state index is 12.3. The highest BCUT2D eigenvalue weighted by Gasteiger charge is 2.55. The van der Waals surface area contributed by atoms with E-state index in [0.29, 0.717) is 24.3 Å². The summed E-state index contributed by atoms with van der Waals surface area (Å²) in [5.41, 5.74) is 1.53. The molecule has 0 radical (unpaired) electrons. The molecule has 2 aliphatic rings. The number of ether oxygens (including phenoxy) is 1. The molecule has 2 N–H and O–H groups in total. The van der Waals surface area contributed by atoms with Gasteiger partial charge in [0.05, 0.1) is 13.2 Å². The van der Waals surface area contributed by atoms with E-state index in [-0.39, 0.29) is 5.41 Å². The Labute approximate surface area is 167 Å². The number of fused-ring (bicyclic) bond motifs is 5. The normalized spacial score (nSPS) is 27.2. The maximum absolute atomic E-state index is 12.3. The number of aliphatic hydroxyl groups is 2. The molecule has 0 bridgehead atoms. The minimum absolute atomic E-state index is 0.165. The zero-order chi connectivity index (χ0) is 20.2. The molecule has 28 heavy (non-hydrogen) atoms. The molecule has 1 heterocycles. The lowest BCUT2D eigenvalue weighted by atomic mass is 9.62. The highest BCUT2D eigenvalue weighted by Crippen LogP contribution is 2.53. The second kappa shape index (κ2) is 6.41. The van der Waals surface area contributed by atoms with Crippen LogP contribution in [0.15, 0.2) is 71.8 Å². The van der Waals surface area contributed by atoms with Gasteiger partial charge in [0.2, 0.25) is 0 Å². The molecule has 2 aromatic rings. The Bertz CT molecular complexity index is 979. The molecule has 0 fully saturated rings.